The predicted molar refractivity (Wildman–Crippen MR) is 99.6 cm³/mol. The van der Waals surface area contributed by atoms with Gasteiger partial charge in [-0.05, 0) is 61.3 Å². The van der Waals surface area contributed by atoms with Crippen LogP contribution in [0.15, 0.2) is 23.1 Å². The van der Waals surface area contributed by atoms with Crippen LogP contribution in [-0.2, 0) is 21.2 Å². The van der Waals surface area contributed by atoms with Gasteiger partial charge in [-0.3, -0.25) is 4.79 Å². The lowest BCUT2D eigenvalue weighted by Crippen LogP contribution is -2.38. The third kappa shape index (κ3) is 3.88. The minimum atomic E-state index is -3.51. The minimum Gasteiger partial charge on any atom is -0.496 e. The Balaban J connectivity index is 1.65. The van der Waals surface area contributed by atoms with Crippen LogP contribution in [0, 0.1) is 11.8 Å². The first-order valence-electron chi connectivity index (χ1n) is 9.20. The average Bonchev–Trinajstić information content (AvgIpc) is 3.22. The maximum absolute atomic E-state index is 12.4. The Bertz CT molecular complexity index is 776. The zero-order valence-corrected chi connectivity index (χ0v) is 16.5. The van der Waals surface area contributed by atoms with E-state index < -0.39 is 10.0 Å². The molecule has 3 rings (SSSR count). The van der Waals surface area contributed by atoms with E-state index in [1.807, 2.05) is 0 Å². The second kappa shape index (κ2) is 7.56. The third-order valence-electron chi connectivity index (χ3n) is 5.74. The van der Waals surface area contributed by atoms with Gasteiger partial charge < -0.3 is 10.1 Å². The van der Waals surface area contributed by atoms with Gasteiger partial charge in [0.1, 0.15) is 5.75 Å². The van der Waals surface area contributed by atoms with E-state index >= 15 is 0 Å². The van der Waals surface area contributed by atoms with Crippen molar-refractivity contribution < 1.29 is 17.9 Å². The molecule has 2 aliphatic carbocycles. The highest BCUT2D eigenvalue weighted by Crippen LogP contribution is 2.44. The monoisotopic (exact) mass is 380 g/mol. The molecule has 0 aliphatic heterocycles. The number of carbonyl (C=O) groups excluding carboxylic acids is 1. The van der Waals surface area contributed by atoms with E-state index in [2.05, 4.69) is 5.32 Å². The minimum absolute atomic E-state index is 0.0328. The van der Waals surface area contributed by atoms with Gasteiger partial charge in [0, 0.05) is 26.6 Å². The average molecular weight is 381 g/mol. The van der Waals surface area contributed by atoms with Crippen LogP contribution in [0.25, 0.3) is 0 Å². The van der Waals surface area contributed by atoms with Gasteiger partial charge in [0.2, 0.25) is 15.9 Å². The Labute approximate surface area is 156 Å². The van der Waals surface area contributed by atoms with Crippen molar-refractivity contribution in [1.29, 1.82) is 0 Å². The van der Waals surface area contributed by atoms with E-state index in [1.165, 1.54) is 43.7 Å². The van der Waals surface area contributed by atoms with Crippen LogP contribution >= 0.6 is 0 Å². The normalized spacial score (nSPS) is 24.8. The van der Waals surface area contributed by atoms with Crippen molar-refractivity contribution in [3.05, 3.63) is 23.8 Å². The molecule has 3 atom stereocenters. The van der Waals surface area contributed by atoms with Crippen molar-refractivity contribution in [2.24, 2.45) is 11.8 Å². The Hall–Kier alpha value is -1.60. The number of ether oxygens (including phenoxy) is 1. The standard InChI is InChI=1S/C19H28N2O4S/c1-21(2)26(23,24)16-7-8-18(25-3)15(12-16)6-9-19(22)20-17-11-13-4-5-14(17)10-13/h7-8,12-14,17H,4-6,9-11H2,1-3H3,(H,20,22)/t13-,14-,17-/m1/s1. The van der Waals surface area contributed by atoms with Gasteiger partial charge in [0.15, 0.2) is 0 Å². The topological polar surface area (TPSA) is 75.7 Å². The molecule has 1 N–H and O–H groups in total. The molecular formula is C19H28N2O4S. The lowest BCUT2D eigenvalue weighted by Gasteiger charge is -2.23. The zero-order valence-electron chi connectivity index (χ0n) is 15.7. The van der Waals surface area contributed by atoms with E-state index in [1.54, 1.807) is 19.2 Å². The maximum atomic E-state index is 12.4. The van der Waals surface area contributed by atoms with Crippen LogP contribution in [0.4, 0.5) is 0 Å². The Morgan fingerprint density at radius 2 is 2.04 bits per heavy atom. The molecule has 144 valence electrons. The number of aryl methyl sites for hydroxylation is 1. The summed E-state index contributed by atoms with van der Waals surface area (Å²) in [5, 5.41) is 3.17. The number of nitrogens with one attached hydrogen (secondary N) is 1. The maximum Gasteiger partial charge on any atom is 0.242 e. The van der Waals surface area contributed by atoms with Gasteiger partial charge in [-0.2, -0.15) is 0 Å². The molecule has 6 nitrogen and oxygen atoms in total. The number of amides is 1. The molecule has 1 amide bonds. The van der Waals surface area contributed by atoms with Gasteiger partial charge in [-0.15, -0.1) is 0 Å². The number of methoxy groups -OCH3 is 1. The van der Waals surface area contributed by atoms with Crippen LogP contribution in [0.2, 0.25) is 0 Å². The van der Waals surface area contributed by atoms with Crippen molar-refractivity contribution in [3.8, 4) is 5.75 Å². The van der Waals surface area contributed by atoms with E-state index in [9.17, 15) is 13.2 Å². The number of rotatable bonds is 7. The molecule has 0 unspecified atom stereocenters. The van der Waals surface area contributed by atoms with Crippen molar-refractivity contribution in [2.75, 3.05) is 21.2 Å². The highest BCUT2D eigenvalue weighted by Gasteiger charge is 2.39. The van der Waals surface area contributed by atoms with Crippen molar-refractivity contribution in [2.45, 2.75) is 49.5 Å². The van der Waals surface area contributed by atoms with Crippen molar-refractivity contribution in [1.82, 2.24) is 9.62 Å². The van der Waals surface area contributed by atoms with Gasteiger partial charge in [0.25, 0.3) is 0 Å². The quantitative estimate of drug-likeness (QED) is 0.787. The molecular weight excluding hydrogens is 352 g/mol. The summed E-state index contributed by atoms with van der Waals surface area (Å²) in [4.78, 5) is 12.6. The zero-order chi connectivity index (χ0) is 18.9. The van der Waals surface area contributed by atoms with Gasteiger partial charge >= 0.3 is 0 Å². The fourth-order valence-electron chi connectivity index (χ4n) is 4.27. The van der Waals surface area contributed by atoms with Crippen LogP contribution in [0.5, 0.6) is 5.75 Å². The van der Waals surface area contributed by atoms with E-state index in [4.69, 9.17) is 4.74 Å². The molecule has 0 aromatic heterocycles. The summed E-state index contributed by atoms with van der Waals surface area (Å²) in [6.45, 7) is 0. The lowest BCUT2D eigenvalue weighted by atomic mass is 9.95. The summed E-state index contributed by atoms with van der Waals surface area (Å²) in [6, 6.07) is 5.12. The second-order valence-electron chi connectivity index (χ2n) is 7.61. The van der Waals surface area contributed by atoms with Gasteiger partial charge in [-0.1, -0.05) is 6.42 Å². The predicted octanol–water partition coefficient (Wildman–Crippen LogP) is 2.18. The highest BCUT2D eigenvalue weighted by atomic mass is 32.2. The lowest BCUT2D eigenvalue weighted by molar-refractivity contribution is -0.122. The van der Waals surface area contributed by atoms with Crippen LogP contribution < -0.4 is 10.1 Å². The number of nitrogens with zero attached hydrogens (tertiary/aromatic N) is 1. The van der Waals surface area contributed by atoms with Crippen LogP contribution in [0.1, 0.15) is 37.7 Å². The largest absolute Gasteiger partial charge is 0.496 e. The first-order valence-corrected chi connectivity index (χ1v) is 10.6. The smallest absolute Gasteiger partial charge is 0.242 e. The summed E-state index contributed by atoms with van der Waals surface area (Å²) < 4.78 is 31.2. The fourth-order valence-corrected chi connectivity index (χ4v) is 5.22. The molecule has 7 heteroatoms. The first-order chi connectivity index (χ1) is 12.3. The number of carbonyl (C=O) groups is 1. The molecule has 2 bridgehead atoms. The first kappa shape index (κ1) is 19.2. The number of hydrogen-bond acceptors (Lipinski definition) is 4. The number of benzene rings is 1. The molecule has 2 fully saturated rings. The summed E-state index contributed by atoms with van der Waals surface area (Å²) >= 11 is 0. The number of sulfonamides is 1. The number of hydrogen-bond donors (Lipinski definition) is 1. The summed E-state index contributed by atoms with van der Waals surface area (Å²) in [7, 11) is 1.04. The molecule has 1 aromatic rings. The van der Waals surface area contributed by atoms with Crippen molar-refractivity contribution in [3.63, 3.8) is 0 Å². The molecule has 2 saturated carbocycles. The van der Waals surface area contributed by atoms with Gasteiger partial charge in [0.05, 0.1) is 12.0 Å². The van der Waals surface area contributed by atoms with Crippen LogP contribution in [-0.4, -0.2) is 45.9 Å². The van der Waals surface area contributed by atoms with Crippen molar-refractivity contribution >= 4 is 15.9 Å². The molecule has 0 spiro atoms. The van der Waals surface area contributed by atoms with E-state index in [0.29, 0.717) is 30.6 Å². The summed E-state index contributed by atoms with van der Waals surface area (Å²) in [5.41, 5.74) is 0.735. The van der Waals surface area contributed by atoms with E-state index in [-0.39, 0.29) is 10.8 Å². The Kier molecular flexibility index (Phi) is 5.58. The molecule has 2 aliphatic rings. The number of fused-ring (bicyclic) bond motifs is 2. The highest BCUT2D eigenvalue weighted by molar-refractivity contribution is 7.89. The molecule has 0 saturated heterocycles. The van der Waals surface area contributed by atoms with Crippen LogP contribution in [0.3, 0.4) is 0 Å². The Morgan fingerprint density at radius 1 is 1.27 bits per heavy atom. The summed E-state index contributed by atoms with van der Waals surface area (Å²) in [5.74, 6) is 2.08. The van der Waals surface area contributed by atoms with Gasteiger partial charge in [-0.25, -0.2) is 12.7 Å². The molecule has 26 heavy (non-hydrogen) atoms. The summed E-state index contributed by atoms with van der Waals surface area (Å²) in [6.07, 6.45) is 5.68. The van der Waals surface area contributed by atoms with E-state index in [0.717, 1.165) is 17.9 Å². The fraction of sp³-hybridized carbons (Fsp3) is 0.632. The Morgan fingerprint density at radius 3 is 2.62 bits per heavy atom. The SMILES string of the molecule is COc1ccc(S(=O)(=O)N(C)C)cc1CCC(=O)N[C@@H]1C[C@@H]2CC[C@@H]1C2. The molecule has 0 heterocycles. The third-order valence-corrected chi connectivity index (χ3v) is 7.55. The molecule has 1 aromatic carbocycles. The second-order valence-corrected chi connectivity index (χ2v) is 9.76. The molecule has 0 radical (unpaired) electrons.